The van der Waals surface area contributed by atoms with Crippen LogP contribution in [-0.4, -0.2) is 23.3 Å². The van der Waals surface area contributed by atoms with Gasteiger partial charge in [0.05, 0.1) is 4.92 Å². The topological polar surface area (TPSA) is 86.5 Å². The summed E-state index contributed by atoms with van der Waals surface area (Å²) in [5, 5.41) is 12.7. The van der Waals surface area contributed by atoms with Gasteiger partial charge in [0.2, 0.25) is 0 Å². The fraction of sp³-hybridized carbons (Fsp3) is 0.0476. The molecule has 0 heterocycles. The molecule has 0 aliphatic rings. The number of hydrogen-bond acceptors (Lipinski definition) is 5. The molecule has 6 heteroatoms. The van der Waals surface area contributed by atoms with Gasteiger partial charge in [0.1, 0.15) is 0 Å². The van der Waals surface area contributed by atoms with Crippen molar-refractivity contribution >= 4 is 34.3 Å². The molecule has 0 fully saturated rings. The van der Waals surface area contributed by atoms with Gasteiger partial charge in [0.15, 0.2) is 12.4 Å². The molecule has 0 aliphatic heterocycles. The molecule has 3 rings (SSSR count). The van der Waals surface area contributed by atoms with Gasteiger partial charge in [-0.15, -0.1) is 0 Å². The summed E-state index contributed by atoms with van der Waals surface area (Å²) in [5.41, 5.74) is 0.878. The van der Waals surface area contributed by atoms with Crippen molar-refractivity contribution in [3.8, 4) is 0 Å². The number of carbonyl (C=O) groups excluding carboxylic acids is 2. The van der Waals surface area contributed by atoms with Crippen LogP contribution in [0.2, 0.25) is 0 Å². The summed E-state index contributed by atoms with van der Waals surface area (Å²) < 4.78 is 4.96. The molecular weight excluding hydrogens is 346 g/mol. The SMILES string of the molecule is O=C(/C=C/c1cccc([N+](=O)[O-])c1)OCC(=O)c1ccc2ccccc2c1. The van der Waals surface area contributed by atoms with Crippen molar-refractivity contribution < 1.29 is 19.2 Å². The third kappa shape index (κ3) is 4.64. The number of ether oxygens (including phenoxy) is 1. The minimum absolute atomic E-state index is 0.0722. The second-order valence-corrected chi connectivity index (χ2v) is 5.78. The van der Waals surface area contributed by atoms with Crippen LogP contribution in [0.1, 0.15) is 15.9 Å². The number of nitrogens with zero attached hydrogens (tertiary/aromatic N) is 1. The summed E-state index contributed by atoms with van der Waals surface area (Å²) >= 11 is 0. The number of Topliss-reactive ketones (excluding diaryl/α,β-unsaturated/α-hetero) is 1. The van der Waals surface area contributed by atoms with Crippen LogP contribution in [0.4, 0.5) is 5.69 Å². The second-order valence-electron chi connectivity index (χ2n) is 5.78. The zero-order valence-electron chi connectivity index (χ0n) is 14.2. The van der Waals surface area contributed by atoms with Gasteiger partial charge in [-0.05, 0) is 28.5 Å². The Morgan fingerprint density at radius 2 is 1.74 bits per heavy atom. The van der Waals surface area contributed by atoms with Crippen molar-refractivity contribution in [3.05, 3.63) is 94.0 Å². The predicted octanol–water partition coefficient (Wildman–Crippen LogP) is 4.19. The lowest BCUT2D eigenvalue weighted by molar-refractivity contribution is -0.384. The number of hydrogen-bond donors (Lipinski definition) is 0. The van der Waals surface area contributed by atoms with Gasteiger partial charge in [-0.3, -0.25) is 14.9 Å². The molecule has 27 heavy (non-hydrogen) atoms. The van der Waals surface area contributed by atoms with E-state index in [1.807, 2.05) is 30.3 Å². The summed E-state index contributed by atoms with van der Waals surface area (Å²) in [7, 11) is 0. The predicted molar refractivity (Wildman–Crippen MR) is 101 cm³/mol. The van der Waals surface area contributed by atoms with Gasteiger partial charge in [-0.25, -0.2) is 4.79 Å². The van der Waals surface area contributed by atoms with Crippen molar-refractivity contribution in [2.24, 2.45) is 0 Å². The first-order chi connectivity index (χ1) is 13.0. The Labute approximate surface area is 154 Å². The molecule has 0 saturated heterocycles. The van der Waals surface area contributed by atoms with E-state index in [0.29, 0.717) is 11.1 Å². The molecule has 0 radical (unpaired) electrons. The maximum Gasteiger partial charge on any atom is 0.331 e. The van der Waals surface area contributed by atoms with E-state index >= 15 is 0 Å². The van der Waals surface area contributed by atoms with Crippen molar-refractivity contribution in [2.45, 2.75) is 0 Å². The molecule has 3 aromatic carbocycles. The molecule has 134 valence electrons. The highest BCUT2D eigenvalue weighted by atomic mass is 16.6. The van der Waals surface area contributed by atoms with Gasteiger partial charge < -0.3 is 4.74 Å². The molecule has 0 bridgehead atoms. The van der Waals surface area contributed by atoms with E-state index in [4.69, 9.17) is 4.74 Å². The molecular formula is C21H15NO5. The van der Waals surface area contributed by atoms with Gasteiger partial charge >= 0.3 is 5.97 Å². The Balaban J connectivity index is 1.60. The molecule has 0 amide bonds. The Kier molecular flexibility index (Phi) is 5.37. The molecule has 3 aromatic rings. The van der Waals surface area contributed by atoms with Crippen LogP contribution < -0.4 is 0 Å². The third-order valence-electron chi connectivity index (χ3n) is 3.91. The fourth-order valence-electron chi connectivity index (χ4n) is 2.54. The van der Waals surface area contributed by atoms with Crippen molar-refractivity contribution in [1.82, 2.24) is 0 Å². The van der Waals surface area contributed by atoms with Gasteiger partial charge in [-0.2, -0.15) is 0 Å². The Hall–Kier alpha value is -3.80. The Bertz CT molecular complexity index is 1060. The number of non-ortho nitro benzene ring substituents is 1. The Morgan fingerprint density at radius 1 is 0.963 bits per heavy atom. The molecule has 6 nitrogen and oxygen atoms in total. The quantitative estimate of drug-likeness (QED) is 0.216. The van der Waals surface area contributed by atoms with Crippen LogP contribution in [0.15, 0.2) is 72.8 Å². The number of fused-ring (bicyclic) bond motifs is 1. The van der Waals surface area contributed by atoms with Crippen LogP contribution in [0.5, 0.6) is 0 Å². The average molecular weight is 361 g/mol. The summed E-state index contributed by atoms with van der Waals surface area (Å²) in [6, 6.07) is 18.8. The van der Waals surface area contributed by atoms with E-state index < -0.39 is 10.9 Å². The Morgan fingerprint density at radius 3 is 2.52 bits per heavy atom. The number of nitro groups is 1. The number of benzene rings is 3. The monoisotopic (exact) mass is 361 g/mol. The number of ketones is 1. The lowest BCUT2D eigenvalue weighted by Crippen LogP contribution is -2.12. The highest BCUT2D eigenvalue weighted by Gasteiger charge is 2.09. The van der Waals surface area contributed by atoms with Gasteiger partial charge in [0.25, 0.3) is 5.69 Å². The minimum Gasteiger partial charge on any atom is -0.454 e. The molecule has 0 atom stereocenters. The zero-order valence-corrected chi connectivity index (χ0v) is 14.2. The normalized spacial score (nSPS) is 10.8. The summed E-state index contributed by atoms with van der Waals surface area (Å²) in [5.74, 6) is -1.01. The summed E-state index contributed by atoms with van der Waals surface area (Å²) in [4.78, 5) is 34.2. The highest BCUT2D eigenvalue weighted by molar-refractivity contribution is 6.01. The summed E-state index contributed by atoms with van der Waals surface area (Å²) in [6.07, 6.45) is 2.53. The van der Waals surface area contributed by atoms with Crippen molar-refractivity contribution in [2.75, 3.05) is 6.61 Å². The summed E-state index contributed by atoms with van der Waals surface area (Å²) in [6.45, 7) is -0.379. The average Bonchev–Trinajstić information content (AvgIpc) is 2.70. The first-order valence-corrected chi connectivity index (χ1v) is 8.14. The number of rotatable bonds is 6. The molecule has 0 aliphatic carbocycles. The van der Waals surface area contributed by atoms with E-state index in [1.54, 1.807) is 18.2 Å². The lowest BCUT2D eigenvalue weighted by Gasteiger charge is -2.04. The van der Waals surface area contributed by atoms with Crippen molar-refractivity contribution in [3.63, 3.8) is 0 Å². The maximum absolute atomic E-state index is 12.2. The molecule has 0 unspecified atom stereocenters. The molecule has 0 aromatic heterocycles. The first kappa shape index (κ1) is 18.0. The van der Waals surface area contributed by atoms with Crippen LogP contribution in [-0.2, 0) is 9.53 Å². The zero-order chi connectivity index (χ0) is 19.2. The number of carbonyl (C=O) groups is 2. The minimum atomic E-state index is -0.698. The van der Waals surface area contributed by atoms with E-state index in [1.165, 1.54) is 24.3 Å². The molecule has 0 spiro atoms. The van der Waals surface area contributed by atoms with Gasteiger partial charge in [-0.1, -0.05) is 48.5 Å². The number of esters is 1. The van der Waals surface area contributed by atoms with Crippen molar-refractivity contribution in [1.29, 1.82) is 0 Å². The third-order valence-corrected chi connectivity index (χ3v) is 3.91. The fourth-order valence-corrected chi connectivity index (χ4v) is 2.54. The highest BCUT2D eigenvalue weighted by Crippen LogP contribution is 2.16. The van der Waals surface area contributed by atoms with Crippen LogP contribution >= 0.6 is 0 Å². The van der Waals surface area contributed by atoms with Crippen LogP contribution in [0.25, 0.3) is 16.8 Å². The smallest absolute Gasteiger partial charge is 0.331 e. The number of nitro benzene ring substituents is 1. The van der Waals surface area contributed by atoms with Crippen LogP contribution in [0.3, 0.4) is 0 Å². The molecule has 0 N–H and O–H groups in total. The van der Waals surface area contributed by atoms with Gasteiger partial charge in [0, 0.05) is 23.8 Å². The van der Waals surface area contributed by atoms with E-state index in [2.05, 4.69) is 0 Å². The van der Waals surface area contributed by atoms with Crippen LogP contribution in [0, 0.1) is 10.1 Å². The first-order valence-electron chi connectivity index (χ1n) is 8.14. The van der Waals surface area contributed by atoms with E-state index in [-0.39, 0.29) is 18.1 Å². The van der Waals surface area contributed by atoms with E-state index in [9.17, 15) is 19.7 Å². The second kappa shape index (κ2) is 8.05. The molecule has 0 saturated carbocycles. The lowest BCUT2D eigenvalue weighted by atomic mass is 10.0. The maximum atomic E-state index is 12.2. The standard InChI is InChI=1S/C21H15NO5/c23-20(18-10-9-16-5-1-2-6-17(16)13-18)14-27-21(24)11-8-15-4-3-7-19(12-15)22(25)26/h1-13H,14H2/b11-8+. The van der Waals surface area contributed by atoms with E-state index in [0.717, 1.165) is 16.8 Å². The largest absolute Gasteiger partial charge is 0.454 e.